The first kappa shape index (κ1) is 13.9. The molecule has 1 aromatic carbocycles. The van der Waals surface area contributed by atoms with Gasteiger partial charge in [-0.2, -0.15) is 0 Å². The van der Waals surface area contributed by atoms with Crippen LogP contribution in [-0.4, -0.2) is 33.1 Å². The minimum absolute atomic E-state index is 0.134. The van der Waals surface area contributed by atoms with Crippen LogP contribution in [0, 0.1) is 5.41 Å². The molecule has 2 rings (SSSR count). The van der Waals surface area contributed by atoms with Gasteiger partial charge in [0.2, 0.25) is 5.91 Å². The molecule has 4 heteroatoms. The Labute approximate surface area is 115 Å². The molecule has 0 aromatic heterocycles. The smallest absolute Gasteiger partial charge is 0.231 e. The average molecular weight is 261 g/mol. The third-order valence-corrected chi connectivity index (χ3v) is 4.04. The molecule has 0 bridgehead atoms. The molecular weight excluding hydrogens is 238 g/mol. The molecule has 1 heterocycles. The first-order valence-electron chi connectivity index (χ1n) is 6.87. The van der Waals surface area contributed by atoms with Gasteiger partial charge in [-0.3, -0.25) is 4.79 Å². The van der Waals surface area contributed by atoms with Gasteiger partial charge in [-0.1, -0.05) is 19.1 Å². The second kappa shape index (κ2) is 5.61. The van der Waals surface area contributed by atoms with E-state index in [1.165, 1.54) is 0 Å². The van der Waals surface area contributed by atoms with Crippen LogP contribution in [0.5, 0.6) is 0 Å². The lowest BCUT2D eigenvalue weighted by Gasteiger charge is -2.26. The van der Waals surface area contributed by atoms with Crippen molar-refractivity contribution in [3.63, 3.8) is 0 Å². The molecular formula is C15H23N3O. The Balaban J connectivity index is 2.19. The Hall–Kier alpha value is -1.55. The zero-order valence-corrected chi connectivity index (χ0v) is 12.0. The SMILES string of the molecule is CCC1(C(=O)Nc2ccccc2N(C)C)CCNC1. The van der Waals surface area contributed by atoms with Crippen molar-refractivity contribution < 1.29 is 4.79 Å². The lowest BCUT2D eigenvalue weighted by Crippen LogP contribution is -2.37. The number of nitrogens with one attached hydrogen (secondary N) is 2. The van der Waals surface area contributed by atoms with Crippen LogP contribution in [0.4, 0.5) is 11.4 Å². The lowest BCUT2D eigenvalue weighted by atomic mass is 9.83. The molecule has 0 saturated carbocycles. The molecule has 2 N–H and O–H groups in total. The summed E-state index contributed by atoms with van der Waals surface area (Å²) >= 11 is 0. The van der Waals surface area contributed by atoms with Crippen molar-refractivity contribution in [2.45, 2.75) is 19.8 Å². The van der Waals surface area contributed by atoms with E-state index in [4.69, 9.17) is 0 Å². The maximum Gasteiger partial charge on any atom is 0.231 e. The maximum atomic E-state index is 12.6. The summed E-state index contributed by atoms with van der Waals surface area (Å²) in [5.74, 6) is 0.134. The molecule has 4 nitrogen and oxygen atoms in total. The largest absolute Gasteiger partial charge is 0.376 e. The average Bonchev–Trinajstić information content (AvgIpc) is 2.89. The first-order chi connectivity index (χ1) is 9.09. The molecule has 1 aromatic rings. The van der Waals surface area contributed by atoms with E-state index in [0.29, 0.717) is 0 Å². The summed E-state index contributed by atoms with van der Waals surface area (Å²) in [6.07, 6.45) is 1.79. The third-order valence-electron chi connectivity index (χ3n) is 4.04. The molecule has 0 aliphatic carbocycles. The van der Waals surface area contributed by atoms with Gasteiger partial charge in [0.1, 0.15) is 0 Å². The minimum Gasteiger partial charge on any atom is -0.376 e. The highest BCUT2D eigenvalue weighted by Gasteiger charge is 2.39. The predicted molar refractivity (Wildman–Crippen MR) is 79.6 cm³/mol. The number of rotatable bonds is 4. The summed E-state index contributed by atoms with van der Waals surface area (Å²) in [6, 6.07) is 7.91. The van der Waals surface area contributed by atoms with E-state index in [1.54, 1.807) is 0 Å². The molecule has 1 atom stereocenters. The van der Waals surface area contributed by atoms with Crippen molar-refractivity contribution in [2.24, 2.45) is 5.41 Å². The second-order valence-electron chi connectivity index (χ2n) is 5.43. The van der Waals surface area contributed by atoms with Gasteiger partial charge in [0, 0.05) is 20.6 Å². The topological polar surface area (TPSA) is 44.4 Å². The van der Waals surface area contributed by atoms with Gasteiger partial charge in [-0.05, 0) is 31.5 Å². The number of carbonyl (C=O) groups excluding carboxylic acids is 1. The highest BCUT2D eigenvalue weighted by molar-refractivity contribution is 5.98. The Morgan fingerprint density at radius 2 is 2.16 bits per heavy atom. The number of benzene rings is 1. The fourth-order valence-electron chi connectivity index (χ4n) is 2.62. The molecule has 1 saturated heterocycles. The van der Waals surface area contributed by atoms with Crippen molar-refractivity contribution >= 4 is 17.3 Å². The summed E-state index contributed by atoms with van der Waals surface area (Å²) in [5.41, 5.74) is 1.67. The van der Waals surface area contributed by atoms with Crippen LogP contribution >= 0.6 is 0 Å². The molecule has 1 fully saturated rings. The van der Waals surface area contributed by atoms with Gasteiger partial charge in [-0.15, -0.1) is 0 Å². The van der Waals surface area contributed by atoms with Crippen molar-refractivity contribution in [1.29, 1.82) is 0 Å². The van der Waals surface area contributed by atoms with E-state index in [1.807, 2.05) is 43.3 Å². The van der Waals surface area contributed by atoms with E-state index in [9.17, 15) is 4.79 Å². The zero-order chi connectivity index (χ0) is 13.9. The first-order valence-corrected chi connectivity index (χ1v) is 6.87. The van der Waals surface area contributed by atoms with E-state index in [0.717, 1.165) is 37.3 Å². The number of nitrogens with zero attached hydrogens (tertiary/aromatic N) is 1. The van der Waals surface area contributed by atoms with Crippen molar-refractivity contribution in [3.05, 3.63) is 24.3 Å². The van der Waals surface area contributed by atoms with Crippen LogP contribution in [0.15, 0.2) is 24.3 Å². The molecule has 0 spiro atoms. The molecule has 104 valence electrons. The van der Waals surface area contributed by atoms with Gasteiger partial charge >= 0.3 is 0 Å². The summed E-state index contributed by atoms with van der Waals surface area (Å²) in [6.45, 7) is 3.79. The maximum absolute atomic E-state index is 12.6. The van der Waals surface area contributed by atoms with E-state index < -0.39 is 0 Å². The Kier molecular flexibility index (Phi) is 4.10. The van der Waals surface area contributed by atoms with Crippen LogP contribution in [0.1, 0.15) is 19.8 Å². The molecule has 1 amide bonds. The van der Waals surface area contributed by atoms with Gasteiger partial charge in [0.15, 0.2) is 0 Å². The lowest BCUT2D eigenvalue weighted by molar-refractivity contribution is -0.124. The Morgan fingerprint density at radius 1 is 1.42 bits per heavy atom. The number of para-hydroxylation sites is 2. The van der Waals surface area contributed by atoms with Crippen LogP contribution in [0.3, 0.4) is 0 Å². The molecule has 1 aliphatic rings. The highest BCUT2D eigenvalue weighted by atomic mass is 16.2. The van der Waals surface area contributed by atoms with E-state index in [-0.39, 0.29) is 11.3 Å². The quantitative estimate of drug-likeness (QED) is 0.872. The normalized spacial score (nSPS) is 22.3. The Morgan fingerprint density at radius 3 is 2.74 bits per heavy atom. The Bertz CT molecular complexity index is 450. The molecule has 0 radical (unpaired) electrons. The summed E-state index contributed by atoms with van der Waals surface area (Å²) < 4.78 is 0. The van der Waals surface area contributed by atoms with Crippen LogP contribution < -0.4 is 15.5 Å². The van der Waals surface area contributed by atoms with Crippen LogP contribution in [0.25, 0.3) is 0 Å². The van der Waals surface area contributed by atoms with E-state index >= 15 is 0 Å². The molecule has 1 unspecified atom stereocenters. The number of amides is 1. The highest BCUT2D eigenvalue weighted by Crippen LogP contribution is 2.32. The standard InChI is InChI=1S/C15H23N3O/c1-4-15(9-10-16-11-15)14(19)17-12-7-5-6-8-13(12)18(2)3/h5-8,16H,4,9-11H2,1-3H3,(H,17,19). The molecule has 1 aliphatic heterocycles. The van der Waals surface area contributed by atoms with Crippen molar-refractivity contribution in [2.75, 3.05) is 37.4 Å². The fraction of sp³-hybridized carbons (Fsp3) is 0.533. The van der Waals surface area contributed by atoms with Crippen molar-refractivity contribution in [1.82, 2.24) is 5.32 Å². The second-order valence-corrected chi connectivity index (χ2v) is 5.43. The third kappa shape index (κ3) is 2.73. The number of carbonyl (C=O) groups is 1. The molecule has 19 heavy (non-hydrogen) atoms. The minimum atomic E-state index is -0.251. The summed E-state index contributed by atoms with van der Waals surface area (Å²) in [4.78, 5) is 14.6. The van der Waals surface area contributed by atoms with Gasteiger partial charge in [0.05, 0.1) is 16.8 Å². The monoisotopic (exact) mass is 261 g/mol. The van der Waals surface area contributed by atoms with Gasteiger partial charge in [0.25, 0.3) is 0 Å². The van der Waals surface area contributed by atoms with Crippen LogP contribution in [0.2, 0.25) is 0 Å². The van der Waals surface area contributed by atoms with Crippen molar-refractivity contribution in [3.8, 4) is 0 Å². The number of hydrogen-bond acceptors (Lipinski definition) is 3. The predicted octanol–water partition coefficient (Wildman–Crippen LogP) is 2.08. The fourth-order valence-corrected chi connectivity index (χ4v) is 2.62. The zero-order valence-electron chi connectivity index (χ0n) is 12.0. The number of anilines is 2. The number of hydrogen-bond donors (Lipinski definition) is 2. The van der Waals surface area contributed by atoms with Gasteiger partial charge in [-0.25, -0.2) is 0 Å². The summed E-state index contributed by atoms with van der Waals surface area (Å²) in [5, 5.41) is 6.40. The summed E-state index contributed by atoms with van der Waals surface area (Å²) in [7, 11) is 3.97. The van der Waals surface area contributed by atoms with Crippen LogP contribution in [-0.2, 0) is 4.79 Å². The van der Waals surface area contributed by atoms with Gasteiger partial charge < -0.3 is 15.5 Å². The van der Waals surface area contributed by atoms with E-state index in [2.05, 4.69) is 17.6 Å².